The van der Waals surface area contributed by atoms with Gasteiger partial charge in [-0.25, -0.2) is 13.1 Å². The molecule has 0 unspecified atom stereocenters. The molecular formula is C21H24ClN5O4S. The van der Waals surface area contributed by atoms with E-state index in [1.807, 2.05) is 0 Å². The van der Waals surface area contributed by atoms with Crippen LogP contribution in [-0.4, -0.2) is 59.9 Å². The van der Waals surface area contributed by atoms with Crippen molar-refractivity contribution in [2.75, 3.05) is 25.6 Å². The summed E-state index contributed by atoms with van der Waals surface area (Å²) in [6.45, 7) is 1.26. The summed E-state index contributed by atoms with van der Waals surface area (Å²) in [4.78, 5) is 13.1. The largest absolute Gasteiger partial charge is 0.383 e. The van der Waals surface area contributed by atoms with Crippen molar-refractivity contribution in [1.82, 2.24) is 19.3 Å². The fraction of sp³-hybridized carbons (Fsp3) is 0.381. The van der Waals surface area contributed by atoms with E-state index in [-0.39, 0.29) is 17.3 Å². The minimum atomic E-state index is -3.90. The second-order valence-electron chi connectivity index (χ2n) is 7.58. The first kappa shape index (κ1) is 22.7. The average Bonchev–Trinajstić information content (AvgIpc) is 3.21. The molecule has 1 saturated heterocycles. The van der Waals surface area contributed by atoms with E-state index in [0.717, 1.165) is 11.9 Å². The Morgan fingerprint density at radius 2 is 2.00 bits per heavy atom. The first-order chi connectivity index (χ1) is 15.4. The summed E-state index contributed by atoms with van der Waals surface area (Å²) in [6.07, 6.45) is 1.92. The van der Waals surface area contributed by atoms with E-state index in [9.17, 15) is 13.2 Å². The SMILES string of the molecule is COCCn1nnc2cc(S(=O)(=O)N3CCCC[C@@H]3C(=O)Nc3ccc(Cl)cc3)ccc21. The number of piperidine rings is 1. The summed E-state index contributed by atoms with van der Waals surface area (Å²) < 4.78 is 35.0. The normalized spacial score (nSPS) is 17.5. The van der Waals surface area contributed by atoms with Gasteiger partial charge in [-0.2, -0.15) is 4.31 Å². The number of nitrogens with one attached hydrogen (secondary N) is 1. The number of aromatic nitrogens is 3. The van der Waals surface area contributed by atoms with E-state index in [1.54, 1.807) is 42.1 Å². The Morgan fingerprint density at radius 1 is 1.22 bits per heavy atom. The fourth-order valence-electron chi connectivity index (χ4n) is 3.80. The van der Waals surface area contributed by atoms with E-state index in [4.69, 9.17) is 16.3 Å². The summed E-state index contributed by atoms with van der Waals surface area (Å²) in [5.74, 6) is -0.359. The molecule has 0 spiro atoms. The van der Waals surface area contributed by atoms with Crippen LogP contribution in [0.25, 0.3) is 11.0 Å². The predicted octanol–water partition coefficient (Wildman–Crippen LogP) is 2.91. The molecule has 3 aromatic rings. The lowest BCUT2D eigenvalue weighted by Gasteiger charge is -2.33. The number of fused-ring (bicyclic) bond motifs is 1. The van der Waals surface area contributed by atoms with Crippen molar-refractivity contribution in [3.63, 3.8) is 0 Å². The lowest BCUT2D eigenvalue weighted by molar-refractivity contribution is -0.120. The second kappa shape index (κ2) is 9.53. The maximum atomic E-state index is 13.5. The van der Waals surface area contributed by atoms with Gasteiger partial charge < -0.3 is 10.1 Å². The molecule has 1 fully saturated rings. The molecule has 0 radical (unpaired) electrons. The van der Waals surface area contributed by atoms with Crippen molar-refractivity contribution in [3.8, 4) is 0 Å². The fourth-order valence-corrected chi connectivity index (χ4v) is 5.61. The molecule has 1 amide bonds. The van der Waals surface area contributed by atoms with Crippen LogP contribution in [0.1, 0.15) is 19.3 Å². The predicted molar refractivity (Wildman–Crippen MR) is 121 cm³/mol. The zero-order chi connectivity index (χ0) is 22.7. The number of amides is 1. The highest BCUT2D eigenvalue weighted by Crippen LogP contribution is 2.28. The van der Waals surface area contributed by atoms with Gasteiger partial charge in [0.25, 0.3) is 0 Å². The molecule has 0 bridgehead atoms. The van der Waals surface area contributed by atoms with E-state index >= 15 is 0 Å². The number of anilines is 1. The number of halogens is 1. The Hall–Kier alpha value is -2.53. The Morgan fingerprint density at radius 3 is 2.75 bits per heavy atom. The van der Waals surface area contributed by atoms with Gasteiger partial charge in [0.15, 0.2) is 0 Å². The number of carbonyl (C=O) groups excluding carboxylic acids is 1. The van der Waals surface area contributed by atoms with Gasteiger partial charge >= 0.3 is 0 Å². The number of nitrogens with zero attached hydrogens (tertiary/aromatic N) is 4. The van der Waals surface area contributed by atoms with E-state index in [0.29, 0.717) is 42.2 Å². The Balaban J connectivity index is 1.59. The Kier molecular flexibility index (Phi) is 6.75. The molecule has 32 heavy (non-hydrogen) atoms. The van der Waals surface area contributed by atoms with Crippen molar-refractivity contribution in [2.45, 2.75) is 36.7 Å². The Bertz CT molecular complexity index is 1210. The molecule has 0 saturated carbocycles. The zero-order valence-corrected chi connectivity index (χ0v) is 19.1. The summed E-state index contributed by atoms with van der Waals surface area (Å²) in [6, 6.07) is 10.6. The van der Waals surface area contributed by atoms with Crippen LogP contribution in [0, 0.1) is 0 Å². The molecule has 0 aliphatic carbocycles. The molecule has 170 valence electrons. The summed E-state index contributed by atoms with van der Waals surface area (Å²) in [7, 11) is -2.31. The van der Waals surface area contributed by atoms with Crippen LogP contribution >= 0.6 is 11.6 Å². The van der Waals surface area contributed by atoms with Gasteiger partial charge in [0.1, 0.15) is 11.6 Å². The monoisotopic (exact) mass is 477 g/mol. The number of ether oxygens (including phenoxy) is 1. The minimum Gasteiger partial charge on any atom is -0.383 e. The number of sulfonamides is 1. The average molecular weight is 478 g/mol. The molecule has 1 aliphatic rings. The van der Waals surface area contributed by atoms with Crippen molar-refractivity contribution in [3.05, 3.63) is 47.5 Å². The van der Waals surface area contributed by atoms with Crippen LogP contribution < -0.4 is 5.32 Å². The van der Waals surface area contributed by atoms with Gasteiger partial charge in [0.05, 0.1) is 23.6 Å². The number of hydrogen-bond acceptors (Lipinski definition) is 6. The standard InChI is InChI=1S/C21H24ClN5O4S/c1-31-13-12-26-19-10-9-17(14-18(19)24-25-26)32(29,30)27-11-3-2-4-20(27)21(28)23-16-7-5-15(22)6-8-16/h5-10,14,20H,2-4,11-13H2,1H3,(H,23,28)/t20-/m1/s1. The highest BCUT2D eigenvalue weighted by atomic mass is 35.5. The molecule has 4 rings (SSSR count). The zero-order valence-electron chi connectivity index (χ0n) is 17.6. The number of benzene rings is 2. The minimum absolute atomic E-state index is 0.0926. The summed E-state index contributed by atoms with van der Waals surface area (Å²) in [5.41, 5.74) is 1.76. The van der Waals surface area contributed by atoms with Gasteiger partial charge in [0.2, 0.25) is 15.9 Å². The van der Waals surface area contributed by atoms with E-state index < -0.39 is 16.1 Å². The lowest BCUT2D eigenvalue weighted by Crippen LogP contribution is -2.49. The molecule has 1 aliphatic heterocycles. The molecule has 1 aromatic heterocycles. The Labute approximate surface area is 191 Å². The smallest absolute Gasteiger partial charge is 0.243 e. The van der Waals surface area contributed by atoms with Gasteiger partial charge in [0, 0.05) is 24.4 Å². The maximum Gasteiger partial charge on any atom is 0.243 e. The van der Waals surface area contributed by atoms with Gasteiger partial charge in [-0.1, -0.05) is 23.2 Å². The number of methoxy groups -OCH3 is 1. The van der Waals surface area contributed by atoms with Gasteiger partial charge in [-0.05, 0) is 55.3 Å². The van der Waals surface area contributed by atoms with Crippen LogP contribution in [0.2, 0.25) is 5.02 Å². The van der Waals surface area contributed by atoms with Crippen molar-refractivity contribution in [1.29, 1.82) is 0 Å². The highest BCUT2D eigenvalue weighted by molar-refractivity contribution is 7.89. The molecular weight excluding hydrogens is 454 g/mol. The van der Waals surface area contributed by atoms with E-state index in [1.165, 1.54) is 16.4 Å². The third kappa shape index (κ3) is 4.63. The highest BCUT2D eigenvalue weighted by Gasteiger charge is 2.38. The van der Waals surface area contributed by atoms with Gasteiger partial charge in [-0.3, -0.25) is 4.79 Å². The number of hydrogen-bond donors (Lipinski definition) is 1. The van der Waals surface area contributed by atoms with E-state index in [2.05, 4.69) is 15.6 Å². The lowest BCUT2D eigenvalue weighted by atomic mass is 10.0. The third-order valence-corrected chi connectivity index (χ3v) is 7.62. The molecule has 2 heterocycles. The number of rotatable bonds is 7. The van der Waals surface area contributed by atoms with Gasteiger partial charge in [-0.15, -0.1) is 5.10 Å². The summed E-state index contributed by atoms with van der Waals surface area (Å²) >= 11 is 5.90. The van der Waals surface area contributed by atoms with Crippen LogP contribution in [0.4, 0.5) is 5.69 Å². The first-order valence-electron chi connectivity index (χ1n) is 10.3. The molecule has 1 N–H and O–H groups in total. The third-order valence-electron chi connectivity index (χ3n) is 5.47. The van der Waals surface area contributed by atoms with Crippen LogP contribution in [0.5, 0.6) is 0 Å². The molecule has 9 nitrogen and oxygen atoms in total. The molecule has 11 heteroatoms. The van der Waals surface area contributed by atoms with Crippen molar-refractivity contribution >= 4 is 44.3 Å². The topological polar surface area (TPSA) is 106 Å². The summed E-state index contributed by atoms with van der Waals surface area (Å²) in [5, 5.41) is 11.5. The van der Waals surface area contributed by atoms with Crippen LogP contribution in [0.15, 0.2) is 47.4 Å². The quantitative estimate of drug-likeness (QED) is 0.560. The second-order valence-corrected chi connectivity index (χ2v) is 9.91. The first-order valence-corrected chi connectivity index (χ1v) is 12.1. The molecule has 1 atom stereocenters. The van der Waals surface area contributed by atoms with Crippen molar-refractivity contribution < 1.29 is 17.9 Å². The number of carbonyl (C=O) groups is 1. The van der Waals surface area contributed by atoms with Crippen LogP contribution in [0.3, 0.4) is 0 Å². The van der Waals surface area contributed by atoms with Crippen molar-refractivity contribution in [2.24, 2.45) is 0 Å². The maximum absolute atomic E-state index is 13.5. The molecule has 2 aromatic carbocycles. The van der Waals surface area contributed by atoms with Crippen LogP contribution in [-0.2, 0) is 26.1 Å².